The van der Waals surface area contributed by atoms with E-state index in [1.165, 1.54) is 22.5 Å². The molecule has 1 amide bonds. The maximum absolute atomic E-state index is 12.8. The number of ether oxygens (including phenoxy) is 2. The first kappa shape index (κ1) is 24.3. The SMILES string of the molecule is COc1ccc(CN(C)CC(=O)Nc2cc(S(=O)(=O)N3CCCC3)ccc2Cl)cc1OC. The summed E-state index contributed by atoms with van der Waals surface area (Å²) >= 11 is 6.22. The lowest BCUT2D eigenvalue weighted by molar-refractivity contribution is -0.117. The van der Waals surface area contributed by atoms with Gasteiger partial charge in [0.05, 0.1) is 36.4 Å². The van der Waals surface area contributed by atoms with Crippen LogP contribution in [-0.2, 0) is 21.4 Å². The summed E-state index contributed by atoms with van der Waals surface area (Å²) in [5.41, 5.74) is 1.23. The van der Waals surface area contributed by atoms with Gasteiger partial charge in [-0.3, -0.25) is 9.69 Å². The number of benzene rings is 2. The zero-order valence-electron chi connectivity index (χ0n) is 18.4. The number of likely N-dealkylation sites (N-methyl/N-ethyl adjacent to an activating group) is 1. The van der Waals surface area contributed by atoms with Crippen molar-refractivity contribution in [3.05, 3.63) is 47.0 Å². The monoisotopic (exact) mass is 481 g/mol. The first-order chi connectivity index (χ1) is 15.2. The maximum atomic E-state index is 12.8. The average molecular weight is 482 g/mol. The van der Waals surface area contributed by atoms with Crippen molar-refractivity contribution in [3.63, 3.8) is 0 Å². The fourth-order valence-corrected chi connectivity index (χ4v) is 5.33. The minimum Gasteiger partial charge on any atom is -0.493 e. The molecule has 0 atom stereocenters. The predicted octanol–water partition coefficient (Wildman–Crippen LogP) is 3.21. The van der Waals surface area contributed by atoms with Gasteiger partial charge in [0.25, 0.3) is 0 Å². The molecule has 2 aromatic rings. The van der Waals surface area contributed by atoms with E-state index in [1.807, 2.05) is 30.1 Å². The smallest absolute Gasteiger partial charge is 0.243 e. The first-order valence-corrected chi connectivity index (χ1v) is 12.1. The van der Waals surface area contributed by atoms with Gasteiger partial charge >= 0.3 is 0 Å². The number of nitrogens with zero attached hydrogens (tertiary/aromatic N) is 2. The van der Waals surface area contributed by atoms with Gasteiger partial charge in [-0.15, -0.1) is 0 Å². The summed E-state index contributed by atoms with van der Waals surface area (Å²) in [5.74, 6) is 0.950. The van der Waals surface area contributed by atoms with Crippen LogP contribution in [0.5, 0.6) is 11.5 Å². The molecule has 2 aromatic carbocycles. The maximum Gasteiger partial charge on any atom is 0.243 e. The van der Waals surface area contributed by atoms with E-state index in [1.54, 1.807) is 14.2 Å². The molecule has 0 aromatic heterocycles. The number of sulfonamides is 1. The second-order valence-electron chi connectivity index (χ2n) is 7.66. The Kier molecular flexibility index (Phi) is 8.00. The van der Waals surface area contributed by atoms with Crippen LogP contribution in [0.2, 0.25) is 5.02 Å². The molecule has 10 heteroatoms. The number of anilines is 1. The van der Waals surface area contributed by atoms with Crippen molar-refractivity contribution >= 4 is 33.2 Å². The summed E-state index contributed by atoms with van der Waals surface area (Å²) in [4.78, 5) is 14.5. The highest BCUT2D eigenvalue weighted by atomic mass is 35.5. The zero-order chi connectivity index (χ0) is 23.3. The number of amides is 1. The van der Waals surface area contributed by atoms with E-state index < -0.39 is 10.0 Å². The lowest BCUT2D eigenvalue weighted by atomic mass is 10.2. The second-order valence-corrected chi connectivity index (χ2v) is 10.0. The fourth-order valence-electron chi connectivity index (χ4n) is 3.62. The van der Waals surface area contributed by atoms with Crippen LogP contribution in [0.3, 0.4) is 0 Å². The van der Waals surface area contributed by atoms with Crippen molar-refractivity contribution in [2.24, 2.45) is 0 Å². The molecule has 1 saturated heterocycles. The van der Waals surface area contributed by atoms with Crippen LogP contribution in [0.25, 0.3) is 0 Å². The number of methoxy groups -OCH3 is 2. The molecule has 8 nitrogen and oxygen atoms in total. The largest absolute Gasteiger partial charge is 0.493 e. The van der Waals surface area contributed by atoms with E-state index in [0.717, 1.165) is 18.4 Å². The van der Waals surface area contributed by atoms with Crippen molar-refractivity contribution in [1.82, 2.24) is 9.21 Å². The van der Waals surface area contributed by atoms with Gasteiger partial charge in [-0.2, -0.15) is 4.31 Å². The minimum absolute atomic E-state index is 0.0910. The standard InChI is InChI=1S/C22H28ClN3O5S/c1-25(14-16-6-9-20(30-2)21(12-16)31-3)15-22(27)24-19-13-17(7-8-18(19)23)32(28,29)26-10-4-5-11-26/h6-9,12-13H,4-5,10-11,14-15H2,1-3H3,(H,24,27). The Bertz CT molecular complexity index is 1070. The normalized spacial score (nSPS) is 14.5. The number of rotatable bonds is 9. The highest BCUT2D eigenvalue weighted by molar-refractivity contribution is 7.89. The summed E-state index contributed by atoms with van der Waals surface area (Å²) < 4.78 is 37.6. The molecule has 0 aliphatic carbocycles. The number of nitrogens with one attached hydrogen (secondary N) is 1. The molecule has 1 fully saturated rings. The van der Waals surface area contributed by atoms with Gasteiger partial charge in [-0.25, -0.2) is 8.42 Å². The number of halogens is 1. The van der Waals surface area contributed by atoms with Crippen LogP contribution >= 0.6 is 11.6 Å². The third-order valence-corrected chi connectivity index (χ3v) is 7.45. The molecule has 1 N–H and O–H groups in total. The number of carbonyl (C=O) groups excluding carboxylic acids is 1. The Balaban J connectivity index is 1.65. The first-order valence-electron chi connectivity index (χ1n) is 10.2. The molecule has 0 saturated carbocycles. The summed E-state index contributed by atoms with van der Waals surface area (Å²) in [6.45, 7) is 1.61. The Hall–Kier alpha value is -2.33. The van der Waals surface area contributed by atoms with Crippen LogP contribution in [0.4, 0.5) is 5.69 Å². The van der Waals surface area contributed by atoms with Crippen molar-refractivity contribution in [2.75, 3.05) is 46.2 Å². The molecule has 1 heterocycles. The second kappa shape index (κ2) is 10.5. The quantitative estimate of drug-likeness (QED) is 0.591. The van der Waals surface area contributed by atoms with E-state index in [9.17, 15) is 13.2 Å². The third kappa shape index (κ3) is 5.72. The molecule has 0 spiro atoms. The Labute approximate surface area is 194 Å². The summed E-state index contributed by atoms with van der Waals surface area (Å²) in [7, 11) is 1.36. The predicted molar refractivity (Wildman–Crippen MR) is 124 cm³/mol. The van der Waals surface area contributed by atoms with E-state index in [2.05, 4.69) is 5.32 Å². The van der Waals surface area contributed by atoms with E-state index in [4.69, 9.17) is 21.1 Å². The topological polar surface area (TPSA) is 88.2 Å². The summed E-state index contributed by atoms with van der Waals surface area (Å²) in [5, 5.41) is 3.01. The Morgan fingerprint density at radius 1 is 1.09 bits per heavy atom. The van der Waals surface area contributed by atoms with Crippen molar-refractivity contribution in [1.29, 1.82) is 0 Å². The number of carbonyl (C=O) groups is 1. The molecule has 0 unspecified atom stereocenters. The molecular weight excluding hydrogens is 454 g/mol. The molecule has 0 radical (unpaired) electrons. The fraction of sp³-hybridized carbons (Fsp3) is 0.409. The van der Waals surface area contributed by atoms with Crippen molar-refractivity contribution < 1.29 is 22.7 Å². The van der Waals surface area contributed by atoms with Gasteiger partial charge in [0, 0.05) is 19.6 Å². The molecule has 3 rings (SSSR count). The van der Waals surface area contributed by atoms with E-state index >= 15 is 0 Å². The summed E-state index contributed by atoms with van der Waals surface area (Å²) in [6.07, 6.45) is 1.70. The van der Waals surface area contributed by atoms with Crippen molar-refractivity contribution in [2.45, 2.75) is 24.3 Å². The van der Waals surface area contributed by atoms with Gasteiger partial charge in [-0.1, -0.05) is 17.7 Å². The average Bonchev–Trinajstić information content (AvgIpc) is 3.30. The highest BCUT2D eigenvalue weighted by Gasteiger charge is 2.27. The van der Waals surface area contributed by atoms with Gasteiger partial charge in [0.1, 0.15) is 0 Å². The molecular formula is C22H28ClN3O5S. The number of hydrogen-bond donors (Lipinski definition) is 1. The van der Waals surface area contributed by atoms with Gasteiger partial charge in [0.15, 0.2) is 11.5 Å². The Morgan fingerprint density at radius 2 is 1.78 bits per heavy atom. The van der Waals surface area contributed by atoms with Crippen LogP contribution in [0.15, 0.2) is 41.3 Å². The molecule has 1 aliphatic heterocycles. The third-order valence-electron chi connectivity index (χ3n) is 5.23. The highest BCUT2D eigenvalue weighted by Crippen LogP contribution is 2.29. The van der Waals surface area contributed by atoms with E-state index in [-0.39, 0.29) is 28.1 Å². The molecule has 1 aliphatic rings. The Morgan fingerprint density at radius 3 is 2.44 bits per heavy atom. The number of hydrogen-bond acceptors (Lipinski definition) is 6. The van der Waals surface area contributed by atoms with E-state index in [0.29, 0.717) is 31.1 Å². The van der Waals surface area contributed by atoms with Crippen LogP contribution < -0.4 is 14.8 Å². The van der Waals surface area contributed by atoms with Crippen LogP contribution in [0, 0.1) is 0 Å². The van der Waals surface area contributed by atoms with Crippen LogP contribution in [-0.4, -0.2) is 64.4 Å². The molecule has 174 valence electrons. The summed E-state index contributed by atoms with van der Waals surface area (Å²) in [6, 6.07) is 9.95. The van der Waals surface area contributed by atoms with Gasteiger partial charge < -0.3 is 14.8 Å². The van der Waals surface area contributed by atoms with Gasteiger partial charge in [-0.05, 0) is 55.8 Å². The van der Waals surface area contributed by atoms with Crippen molar-refractivity contribution in [3.8, 4) is 11.5 Å². The zero-order valence-corrected chi connectivity index (χ0v) is 20.0. The van der Waals surface area contributed by atoms with Crippen LogP contribution in [0.1, 0.15) is 18.4 Å². The molecule has 32 heavy (non-hydrogen) atoms. The van der Waals surface area contributed by atoms with Gasteiger partial charge in [0.2, 0.25) is 15.9 Å². The minimum atomic E-state index is -3.60. The lowest BCUT2D eigenvalue weighted by Crippen LogP contribution is -2.30. The molecule has 0 bridgehead atoms. The lowest BCUT2D eigenvalue weighted by Gasteiger charge is -2.19.